The number of hydrogen-bond acceptors (Lipinski definition) is 3. The molecule has 0 radical (unpaired) electrons. The molecule has 21 heavy (non-hydrogen) atoms. The van der Waals surface area contributed by atoms with Crippen molar-refractivity contribution in [2.45, 2.75) is 6.42 Å². The molecule has 0 aliphatic carbocycles. The first kappa shape index (κ1) is 15.5. The second kappa shape index (κ2) is 6.70. The summed E-state index contributed by atoms with van der Waals surface area (Å²) in [7, 11) is 0. The fourth-order valence-electron chi connectivity index (χ4n) is 1.88. The average molecular weight is 326 g/mol. The number of amides is 1. The number of benzene rings is 2. The molecule has 4 nitrogen and oxygen atoms in total. The maximum absolute atomic E-state index is 11.9. The quantitative estimate of drug-likeness (QED) is 0.807. The third-order valence-corrected chi connectivity index (χ3v) is 3.53. The highest BCUT2D eigenvalue weighted by Crippen LogP contribution is 2.26. The molecule has 0 saturated heterocycles. The van der Waals surface area contributed by atoms with Crippen LogP contribution in [0.2, 0.25) is 10.0 Å². The molecule has 1 amide bonds. The van der Waals surface area contributed by atoms with Crippen LogP contribution in [0.5, 0.6) is 11.5 Å². The Hall–Kier alpha value is -1.91. The minimum atomic E-state index is -0.546. The summed E-state index contributed by atoms with van der Waals surface area (Å²) in [5.41, 5.74) is 0.711. The van der Waals surface area contributed by atoms with Crippen LogP contribution in [0, 0.1) is 0 Å². The number of aromatic hydroxyl groups is 2. The molecule has 2 aromatic carbocycles. The van der Waals surface area contributed by atoms with Gasteiger partial charge in [0.15, 0.2) is 0 Å². The highest BCUT2D eigenvalue weighted by molar-refractivity contribution is 6.35. The minimum Gasteiger partial charge on any atom is -0.507 e. The van der Waals surface area contributed by atoms with Gasteiger partial charge in [-0.3, -0.25) is 4.79 Å². The molecule has 0 bridgehead atoms. The van der Waals surface area contributed by atoms with E-state index >= 15 is 0 Å². The van der Waals surface area contributed by atoms with E-state index in [0.29, 0.717) is 23.0 Å². The van der Waals surface area contributed by atoms with Crippen molar-refractivity contribution in [3.05, 3.63) is 57.6 Å². The van der Waals surface area contributed by atoms with E-state index in [-0.39, 0.29) is 17.1 Å². The summed E-state index contributed by atoms with van der Waals surface area (Å²) in [4.78, 5) is 11.9. The first-order valence-electron chi connectivity index (χ1n) is 6.22. The average Bonchev–Trinajstić information content (AvgIpc) is 2.41. The molecule has 6 heteroatoms. The number of phenolic OH excluding ortho intramolecular Hbond substituents is 2. The van der Waals surface area contributed by atoms with Crippen molar-refractivity contribution >= 4 is 29.1 Å². The van der Waals surface area contributed by atoms with E-state index < -0.39 is 5.91 Å². The lowest BCUT2D eigenvalue weighted by Crippen LogP contribution is -2.25. The molecule has 0 unspecified atom stereocenters. The first-order chi connectivity index (χ1) is 9.99. The van der Waals surface area contributed by atoms with E-state index in [9.17, 15) is 15.0 Å². The van der Waals surface area contributed by atoms with Gasteiger partial charge >= 0.3 is 0 Å². The van der Waals surface area contributed by atoms with Crippen molar-refractivity contribution in [2.24, 2.45) is 0 Å². The summed E-state index contributed by atoms with van der Waals surface area (Å²) in [6, 6.07) is 9.27. The second-order valence-corrected chi connectivity index (χ2v) is 5.26. The molecule has 110 valence electrons. The summed E-state index contributed by atoms with van der Waals surface area (Å²) < 4.78 is 0. The zero-order valence-electron chi connectivity index (χ0n) is 10.9. The fourth-order valence-corrected chi connectivity index (χ4v) is 2.39. The Bertz CT molecular complexity index is 654. The molecule has 2 rings (SSSR count). The van der Waals surface area contributed by atoms with E-state index in [2.05, 4.69) is 5.32 Å². The molecule has 0 aromatic heterocycles. The van der Waals surface area contributed by atoms with E-state index in [1.54, 1.807) is 18.2 Å². The summed E-state index contributed by atoms with van der Waals surface area (Å²) in [5, 5.41) is 22.9. The van der Waals surface area contributed by atoms with Crippen LogP contribution in [-0.2, 0) is 6.42 Å². The van der Waals surface area contributed by atoms with Gasteiger partial charge in [0, 0.05) is 16.6 Å². The normalized spacial score (nSPS) is 10.4. The van der Waals surface area contributed by atoms with Gasteiger partial charge in [0.1, 0.15) is 17.1 Å². The van der Waals surface area contributed by atoms with Gasteiger partial charge in [-0.2, -0.15) is 0 Å². The van der Waals surface area contributed by atoms with Crippen LogP contribution in [0.4, 0.5) is 0 Å². The highest BCUT2D eigenvalue weighted by Gasteiger charge is 2.15. The van der Waals surface area contributed by atoms with Crippen molar-refractivity contribution < 1.29 is 15.0 Å². The molecule has 0 aliphatic rings. The van der Waals surface area contributed by atoms with Gasteiger partial charge in [-0.15, -0.1) is 0 Å². The topological polar surface area (TPSA) is 69.6 Å². The van der Waals surface area contributed by atoms with Crippen molar-refractivity contribution in [2.75, 3.05) is 6.54 Å². The van der Waals surface area contributed by atoms with Crippen LogP contribution in [0.3, 0.4) is 0 Å². The van der Waals surface area contributed by atoms with Crippen molar-refractivity contribution in [3.8, 4) is 11.5 Å². The molecular weight excluding hydrogens is 313 g/mol. The van der Waals surface area contributed by atoms with Gasteiger partial charge in [-0.05, 0) is 36.2 Å². The van der Waals surface area contributed by atoms with E-state index in [1.807, 2.05) is 0 Å². The van der Waals surface area contributed by atoms with Crippen LogP contribution >= 0.6 is 23.2 Å². The predicted octanol–water partition coefficient (Wildman–Crippen LogP) is 3.38. The summed E-state index contributed by atoms with van der Waals surface area (Å²) in [6.07, 6.45) is 0.510. The Labute approximate surface area is 131 Å². The SMILES string of the molecule is O=C(NCCc1ccc(Cl)cc1Cl)c1c(O)cccc1O. The Morgan fingerprint density at radius 2 is 1.76 bits per heavy atom. The number of phenols is 2. The standard InChI is InChI=1S/C15H13Cl2NO3/c16-10-5-4-9(11(17)8-10)6-7-18-15(21)14-12(19)2-1-3-13(14)20/h1-5,8,19-20H,6-7H2,(H,18,21). The lowest BCUT2D eigenvalue weighted by atomic mass is 10.1. The van der Waals surface area contributed by atoms with E-state index in [0.717, 1.165) is 5.56 Å². The molecule has 0 heterocycles. The van der Waals surface area contributed by atoms with Gasteiger partial charge in [0.25, 0.3) is 5.91 Å². The van der Waals surface area contributed by atoms with Crippen molar-refractivity contribution in [3.63, 3.8) is 0 Å². The van der Waals surface area contributed by atoms with Crippen LogP contribution in [0.1, 0.15) is 15.9 Å². The zero-order chi connectivity index (χ0) is 15.4. The van der Waals surface area contributed by atoms with Gasteiger partial charge in [0.05, 0.1) is 0 Å². The van der Waals surface area contributed by atoms with Crippen molar-refractivity contribution in [1.29, 1.82) is 0 Å². The van der Waals surface area contributed by atoms with Gasteiger partial charge in [-0.25, -0.2) is 0 Å². The fraction of sp³-hybridized carbons (Fsp3) is 0.133. The molecule has 0 fully saturated rings. The Kier molecular flexibility index (Phi) is 4.94. The Morgan fingerprint density at radius 1 is 1.10 bits per heavy atom. The van der Waals surface area contributed by atoms with E-state index in [4.69, 9.17) is 23.2 Å². The number of carbonyl (C=O) groups excluding carboxylic acids is 1. The lowest BCUT2D eigenvalue weighted by Gasteiger charge is -2.09. The van der Waals surface area contributed by atoms with Crippen LogP contribution in [0.25, 0.3) is 0 Å². The van der Waals surface area contributed by atoms with Crippen LogP contribution in [-0.4, -0.2) is 22.7 Å². The minimum absolute atomic E-state index is 0.139. The summed E-state index contributed by atoms with van der Waals surface area (Å²) >= 11 is 11.8. The predicted molar refractivity (Wildman–Crippen MR) is 82.3 cm³/mol. The van der Waals surface area contributed by atoms with Gasteiger partial charge in [-0.1, -0.05) is 35.3 Å². The first-order valence-corrected chi connectivity index (χ1v) is 6.97. The lowest BCUT2D eigenvalue weighted by molar-refractivity contribution is 0.0948. The third kappa shape index (κ3) is 3.80. The van der Waals surface area contributed by atoms with Crippen molar-refractivity contribution in [1.82, 2.24) is 5.32 Å². The van der Waals surface area contributed by atoms with Gasteiger partial charge in [0.2, 0.25) is 0 Å². The number of nitrogens with one attached hydrogen (secondary N) is 1. The number of hydrogen-bond donors (Lipinski definition) is 3. The van der Waals surface area contributed by atoms with Crippen LogP contribution in [0.15, 0.2) is 36.4 Å². The molecule has 3 N–H and O–H groups in total. The second-order valence-electron chi connectivity index (χ2n) is 4.41. The molecule has 0 atom stereocenters. The monoisotopic (exact) mass is 325 g/mol. The molecule has 0 spiro atoms. The molecule has 0 saturated carbocycles. The number of carbonyl (C=O) groups is 1. The molecule has 0 aliphatic heterocycles. The third-order valence-electron chi connectivity index (χ3n) is 2.94. The molecule has 2 aromatic rings. The van der Waals surface area contributed by atoms with Crippen LogP contribution < -0.4 is 5.32 Å². The van der Waals surface area contributed by atoms with Gasteiger partial charge < -0.3 is 15.5 Å². The maximum atomic E-state index is 11.9. The summed E-state index contributed by atoms with van der Waals surface area (Å²) in [6.45, 7) is 0.313. The Balaban J connectivity index is 1.99. The smallest absolute Gasteiger partial charge is 0.258 e. The number of halogens is 2. The molecular formula is C15H13Cl2NO3. The largest absolute Gasteiger partial charge is 0.507 e. The van der Waals surface area contributed by atoms with E-state index in [1.165, 1.54) is 18.2 Å². The maximum Gasteiger partial charge on any atom is 0.258 e. The highest BCUT2D eigenvalue weighted by atomic mass is 35.5. The number of rotatable bonds is 4. The Morgan fingerprint density at radius 3 is 2.38 bits per heavy atom. The zero-order valence-corrected chi connectivity index (χ0v) is 12.4. The summed E-state index contributed by atoms with van der Waals surface area (Å²) in [5.74, 6) is -1.08.